The molecule has 0 unspecified atom stereocenters. The number of nitrogens with one attached hydrogen (secondary N) is 1. The normalized spacial score (nSPS) is 10.5. The van der Waals surface area contributed by atoms with E-state index < -0.39 is 0 Å². The highest BCUT2D eigenvalue weighted by atomic mass is 32.1. The Morgan fingerprint density at radius 1 is 0.931 bits per heavy atom. The van der Waals surface area contributed by atoms with Crippen LogP contribution in [0.4, 0.5) is 9.52 Å². The third-order valence-corrected chi connectivity index (χ3v) is 5.07. The van der Waals surface area contributed by atoms with Crippen LogP contribution in [0.3, 0.4) is 0 Å². The smallest absolute Gasteiger partial charge is 0.257 e. The molecular formula is C23H17FN2O2S. The molecule has 4 nitrogen and oxygen atoms in total. The number of nitrogens with zero attached hydrogens (tertiary/aromatic N) is 1. The highest BCUT2D eigenvalue weighted by molar-refractivity contribution is 7.15. The summed E-state index contributed by atoms with van der Waals surface area (Å²) in [7, 11) is 0. The van der Waals surface area contributed by atoms with Crippen molar-refractivity contribution in [2.45, 2.75) is 6.42 Å². The third-order valence-electron chi connectivity index (χ3n) is 4.16. The quantitative estimate of drug-likeness (QED) is 0.434. The van der Waals surface area contributed by atoms with Crippen molar-refractivity contribution in [1.29, 1.82) is 0 Å². The van der Waals surface area contributed by atoms with Gasteiger partial charge in [0.25, 0.3) is 5.91 Å². The first-order chi connectivity index (χ1) is 14.2. The van der Waals surface area contributed by atoms with Gasteiger partial charge in [0.15, 0.2) is 5.13 Å². The van der Waals surface area contributed by atoms with Crippen molar-refractivity contribution in [2.75, 3.05) is 5.32 Å². The summed E-state index contributed by atoms with van der Waals surface area (Å²) in [6.07, 6.45) is 2.36. The summed E-state index contributed by atoms with van der Waals surface area (Å²) in [5.41, 5.74) is 1.50. The molecule has 144 valence electrons. The molecule has 0 atom stereocenters. The first kappa shape index (κ1) is 18.8. The lowest BCUT2D eigenvalue weighted by molar-refractivity contribution is 0.102. The number of thiazole rings is 1. The minimum atomic E-state index is -0.258. The van der Waals surface area contributed by atoms with Gasteiger partial charge in [0.1, 0.15) is 17.3 Å². The monoisotopic (exact) mass is 404 g/mol. The number of ether oxygens (including phenoxy) is 1. The van der Waals surface area contributed by atoms with Crippen LogP contribution >= 0.6 is 11.3 Å². The number of benzene rings is 3. The van der Waals surface area contributed by atoms with Crippen LogP contribution in [0.5, 0.6) is 11.5 Å². The Hall–Kier alpha value is -3.51. The summed E-state index contributed by atoms with van der Waals surface area (Å²) in [5.74, 6) is 0.898. The lowest BCUT2D eigenvalue weighted by Gasteiger charge is -2.06. The Bertz CT molecular complexity index is 1090. The summed E-state index contributed by atoms with van der Waals surface area (Å²) in [6, 6.07) is 22.7. The Labute approximate surface area is 171 Å². The van der Waals surface area contributed by atoms with Gasteiger partial charge in [0, 0.05) is 23.1 Å². The molecule has 1 N–H and O–H groups in total. The molecule has 0 saturated carbocycles. The fraction of sp³-hybridized carbons (Fsp3) is 0.0435. The van der Waals surface area contributed by atoms with Crippen LogP contribution in [0.15, 0.2) is 85.1 Å². The maximum atomic E-state index is 13.0. The van der Waals surface area contributed by atoms with Crippen molar-refractivity contribution in [3.63, 3.8) is 0 Å². The Balaban J connectivity index is 1.36. The molecule has 1 amide bonds. The maximum absolute atomic E-state index is 13.0. The van der Waals surface area contributed by atoms with E-state index in [1.807, 2.05) is 30.3 Å². The number of para-hydroxylation sites is 1. The van der Waals surface area contributed by atoms with Crippen LogP contribution in [0, 0.1) is 5.82 Å². The number of halogens is 1. The first-order valence-corrected chi connectivity index (χ1v) is 9.81. The predicted molar refractivity (Wildman–Crippen MR) is 112 cm³/mol. The van der Waals surface area contributed by atoms with Crippen molar-refractivity contribution in [2.24, 2.45) is 0 Å². The molecule has 4 rings (SSSR count). The van der Waals surface area contributed by atoms with Gasteiger partial charge >= 0.3 is 0 Å². The number of amides is 1. The molecule has 4 aromatic rings. The van der Waals surface area contributed by atoms with Gasteiger partial charge in [-0.15, -0.1) is 11.3 Å². The zero-order chi connectivity index (χ0) is 20.1. The average Bonchev–Trinajstić information content (AvgIpc) is 3.18. The van der Waals surface area contributed by atoms with E-state index in [9.17, 15) is 9.18 Å². The lowest BCUT2D eigenvalue weighted by atomic mass is 10.1. The van der Waals surface area contributed by atoms with E-state index in [0.29, 0.717) is 22.9 Å². The second-order valence-electron chi connectivity index (χ2n) is 6.33. The van der Waals surface area contributed by atoms with E-state index in [2.05, 4.69) is 10.3 Å². The van der Waals surface area contributed by atoms with Gasteiger partial charge in [-0.1, -0.05) is 30.3 Å². The molecule has 0 radical (unpaired) electrons. The summed E-state index contributed by atoms with van der Waals surface area (Å²) >= 11 is 1.40. The fourth-order valence-corrected chi connectivity index (χ4v) is 3.56. The number of carbonyl (C=O) groups is 1. The molecule has 1 aromatic heterocycles. The molecule has 6 heteroatoms. The van der Waals surface area contributed by atoms with E-state index in [-0.39, 0.29) is 11.7 Å². The molecule has 0 spiro atoms. The minimum Gasteiger partial charge on any atom is -0.457 e. The minimum absolute atomic E-state index is 0.237. The zero-order valence-corrected chi connectivity index (χ0v) is 16.2. The number of aromatic nitrogens is 1. The number of hydrogen-bond acceptors (Lipinski definition) is 4. The van der Waals surface area contributed by atoms with E-state index in [0.717, 1.165) is 16.2 Å². The molecule has 29 heavy (non-hydrogen) atoms. The molecular weight excluding hydrogens is 387 g/mol. The molecule has 3 aromatic carbocycles. The summed E-state index contributed by atoms with van der Waals surface area (Å²) in [4.78, 5) is 17.7. The molecule has 0 fully saturated rings. The van der Waals surface area contributed by atoms with Crippen LogP contribution in [0.25, 0.3) is 0 Å². The Kier molecular flexibility index (Phi) is 5.63. The molecule has 0 saturated heterocycles. The van der Waals surface area contributed by atoms with Gasteiger partial charge < -0.3 is 4.74 Å². The van der Waals surface area contributed by atoms with Crippen LogP contribution < -0.4 is 10.1 Å². The topological polar surface area (TPSA) is 51.2 Å². The van der Waals surface area contributed by atoms with Gasteiger partial charge in [0.05, 0.1) is 0 Å². The van der Waals surface area contributed by atoms with E-state index >= 15 is 0 Å². The average molecular weight is 404 g/mol. The summed E-state index contributed by atoms with van der Waals surface area (Å²) in [5, 5.41) is 3.34. The van der Waals surface area contributed by atoms with E-state index in [1.54, 1.807) is 42.6 Å². The van der Waals surface area contributed by atoms with Gasteiger partial charge in [-0.25, -0.2) is 9.37 Å². The van der Waals surface area contributed by atoms with Crippen LogP contribution in [0.1, 0.15) is 20.8 Å². The second kappa shape index (κ2) is 8.67. The predicted octanol–water partition coefficient (Wildman–Crippen LogP) is 5.92. The molecule has 0 bridgehead atoms. The Morgan fingerprint density at radius 3 is 2.34 bits per heavy atom. The highest BCUT2D eigenvalue weighted by Crippen LogP contribution is 2.24. The number of anilines is 1. The molecule has 0 aliphatic carbocycles. The maximum Gasteiger partial charge on any atom is 0.257 e. The number of hydrogen-bond donors (Lipinski definition) is 1. The summed E-state index contributed by atoms with van der Waals surface area (Å²) in [6.45, 7) is 0. The van der Waals surface area contributed by atoms with Crippen molar-refractivity contribution in [1.82, 2.24) is 4.98 Å². The van der Waals surface area contributed by atoms with Crippen LogP contribution in [-0.2, 0) is 6.42 Å². The second-order valence-corrected chi connectivity index (χ2v) is 7.44. The largest absolute Gasteiger partial charge is 0.457 e. The van der Waals surface area contributed by atoms with Crippen LogP contribution in [-0.4, -0.2) is 10.9 Å². The SMILES string of the molecule is O=C(Nc1ncc(Cc2ccc(F)cc2)s1)c1ccc(Oc2ccccc2)cc1. The molecule has 1 heterocycles. The van der Waals surface area contributed by atoms with Gasteiger partial charge in [-0.05, 0) is 54.1 Å². The first-order valence-electron chi connectivity index (χ1n) is 8.99. The van der Waals surface area contributed by atoms with E-state index in [4.69, 9.17) is 4.74 Å². The lowest BCUT2D eigenvalue weighted by Crippen LogP contribution is -2.11. The van der Waals surface area contributed by atoms with Crippen molar-refractivity contribution in [3.05, 3.63) is 107 Å². The van der Waals surface area contributed by atoms with Gasteiger partial charge in [0.2, 0.25) is 0 Å². The van der Waals surface area contributed by atoms with Crippen molar-refractivity contribution in [3.8, 4) is 11.5 Å². The van der Waals surface area contributed by atoms with Crippen molar-refractivity contribution >= 4 is 22.4 Å². The molecule has 0 aliphatic rings. The Morgan fingerprint density at radius 2 is 1.62 bits per heavy atom. The molecule has 0 aliphatic heterocycles. The standard InChI is InChI=1S/C23H17FN2O2S/c24-18-10-6-16(7-11-18)14-21-15-25-23(29-21)26-22(27)17-8-12-20(13-9-17)28-19-4-2-1-3-5-19/h1-13,15H,14H2,(H,25,26,27). The fourth-order valence-electron chi connectivity index (χ4n) is 2.72. The zero-order valence-electron chi connectivity index (χ0n) is 15.3. The summed E-state index contributed by atoms with van der Waals surface area (Å²) < 4.78 is 18.7. The van der Waals surface area contributed by atoms with Crippen molar-refractivity contribution < 1.29 is 13.9 Å². The third kappa shape index (κ3) is 5.06. The highest BCUT2D eigenvalue weighted by Gasteiger charge is 2.10. The van der Waals surface area contributed by atoms with Gasteiger partial charge in [-0.3, -0.25) is 10.1 Å². The van der Waals surface area contributed by atoms with Gasteiger partial charge in [-0.2, -0.15) is 0 Å². The van der Waals surface area contributed by atoms with Crippen LogP contribution in [0.2, 0.25) is 0 Å². The van der Waals surface area contributed by atoms with E-state index in [1.165, 1.54) is 23.5 Å². The number of rotatable bonds is 6. The number of carbonyl (C=O) groups excluding carboxylic acids is 1.